The predicted molar refractivity (Wildman–Crippen MR) is 134 cm³/mol. The highest BCUT2D eigenvalue weighted by atomic mass is 16.5. The molecule has 0 saturated carbocycles. The van der Waals surface area contributed by atoms with Gasteiger partial charge >= 0.3 is 0 Å². The van der Waals surface area contributed by atoms with Crippen LogP contribution in [0.1, 0.15) is 39.2 Å². The number of piperidine rings is 1. The van der Waals surface area contributed by atoms with E-state index in [1.807, 2.05) is 75.4 Å². The number of nitrogens with one attached hydrogen (secondary N) is 1. The van der Waals surface area contributed by atoms with E-state index in [1.54, 1.807) is 12.4 Å². The molecule has 1 amide bonds. The molecule has 1 aliphatic heterocycles. The average Bonchev–Trinajstić information content (AvgIpc) is 2.86. The molecule has 7 nitrogen and oxygen atoms in total. The van der Waals surface area contributed by atoms with Gasteiger partial charge in [0.15, 0.2) is 17.3 Å². The molecule has 0 radical (unpaired) electrons. The molecule has 3 aromatic rings. The van der Waals surface area contributed by atoms with Crippen molar-refractivity contribution in [2.75, 3.05) is 29.9 Å². The SMILES string of the molecule is CCOc1ccccc1O[C@@H]1CCCN(c2cncc(NC(=O)C(C)(C)c3ccccc3)n2)C1. The van der Waals surface area contributed by atoms with Crippen LogP contribution in [0.15, 0.2) is 67.0 Å². The number of carbonyl (C=O) groups excluding carboxylic acids is 1. The number of aromatic nitrogens is 2. The van der Waals surface area contributed by atoms with Gasteiger partial charge in [0.1, 0.15) is 11.9 Å². The summed E-state index contributed by atoms with van der Waals surface area (Å²) >= 11 is 0. The van der Waals surface area contributed by atoms with Crippen molar-refractivity contribution < 1.29 is 14.3 Å². The van der Waals surface area contributed by atoms with Gasteiger partial charge in [0.05, 0.1) is 31.0 Å². The molecule has 1 aromatic heterocycles. The van der Waals surface area contributed by atoms with Gasteiger partial charge < -0.3 is 19.7 Å². The smallest absolute Gasteiger partial charge is 0.235 e. The fourth-order valence-corrected chi connectivity index (χ4v) is 4.07. The van der Waals surface area contributed by atoms with Gasteiger partial charge in [-0.25, -0.2) is 4.98 Å². The molecule has 2 heterocycles. The van der Waals surface area contributed by atoms with Crippen molar-refractivity contribution in [1.29, 1.82) is 0 Å². The highest BCUT2D eigenvalue weighted by Gasteiger charge is 2.30. The number of para-hydroxylation sites is 2. The second kappa shape index (κ2) is 10.5. The number of rotatable bonds is 8. The Kier molecular flexibility index (Phi) is 7.30. The zero-order valence-electron chi connectivity index (χ0n) is 20.0. The van der Waals surface area contributed by atoms with E-state index in [9.17, 15) is 4.79 Å². The Bertz CT molecular complexity index is 1100. The van der Waals surface area contributed by atoms with Crippen molar-refractivity contribution in [3.8, 4) is 11.5 Å². The average molecular weight is 461 g/mol. The second-order valence-corrected chi connectivity index (χ2v) is 8.92. The number of amides is 1. The number of carbonyl (C=O) groups is 1. The molecule has 0 spiro atoms. The lowest BCUT2D eigenvalue weighted by Gasteiger charge is -2.34. The third-order valence-electron chi connectivity index (χ3n) is 6.07. The Balaban J connectivity index is 1.44. The van der Waals surface area contributed by atoms with Gasteiger partial charge in [-0.05, 0) is 51.3 Å². The lowest BCUT2D eigenvalue weighted by atomic mass is 9.84. The Morgan fingerprint density at radius 3 is 2.59 bits per heavy atom. The van der Waals surface area contributed by atoms with Gasteiger partial charge in [0.2, 0.25) is 5.91 Å². The molecule has 1 N–H and O–H groups in total. The summed E-state index contributed by atoms with van der Waals surface area (Å²) in [6.07, 6.45) is 5.24. The topological polar surface area (TPSA) is 76.6 Å². The molecule has 0 unspecified atom stereocenters. The Labute approximate surface area is 201 Å². The Hall–Kier alpha value is -3.61. The van der Waals surface area contributed by atoms with Crippen molar-refractivity contribution in [2.24, 2.45) is 0 Å². The predicted octanol–water partition coefficient (Wildman–Crippen LogP) is 4.84. The summed E-state index contributed by atoms with van der Waals surface area (Å²) < 4.78 is 12.0. The third kappa shape index (κ3) is 5.47. The Morgan fingerprint density at radius 1 is 1.09 bits per heavy atom. The van der Waals surface area contributed by atoms with Gasteiger partial charge in [0.25, 0.3) is 0 Å². The van der Waals surface area contributed by atoms with E-state index in [2.05, 4.69) is 20.2 Å². The van der Waals surface area contributed by atoms with Crippen molar-refractivity contribution in [3.63, 3.8) is 0 Å². The van der Waals surface area contributed by atoms with Crippen LogP contribution in [0.4, 0.5) is 11.6 Å². The van der Waals surface area contributed by atoms with Crippen LogP contribution in [0.3, 0.4) is 0 Å². The van der Waals surface area contributed by atoms with Crippen LogP contribution < -0.4 is 19.7 Å². The van der Waals surface area contributed by atoms with Gasteiger partial charge in [-0.15, -0.1) is 0 Å². The van der Waals surface area contributed by atoms with Crippen molar-refractivity contribution in [3.05, 3.63) is 72.6 Å². The molecule has 34 heavy (non-hydrogen) atoms. The van der Waals surface area contributed by atoms with E-state index in [1.165, 1.54) is 0 Å². The number of ether oxygens (including phenoxy) is 2. The van der Waals surface area contributed by atoms with Crippen LogP contribution in [0, 0.1) is 0 Å². The third-order valence-corrected chi connectivity index (χ3v) is 6.07. The maximum atomic E-state index is 13.0. The highest BCUT2D eigenvalue weighted by molar-refractivity contribution is 5.97. The van der Waals surface area contributed by atoms with E-state index in [-0.39, 0.29) is 12.0 Å². The number of hydrogen-bond acceptors (Lipinski definition) is 6. The first-order valence-electron chi connectivity index (χ1n) is 11.8. The molecule has 0 aliphatic carbocycles. The molecule has 2 aromatic carbocycles. The summed E-state index contributed by atoms with van der Waals surface area (Å²) in [4.78, 5) is 24.2. The number of nitrogens with zero attached hydrogens (tertiary/aromatic N) is 3. The number of hydrogen-bond donors (Lipinski definition) is 1. The summed E-state index contributed by atoms with van der Waals surface area (Å²) in [5.41, 5.74) is 0.247. The van der Waals surface area contributed by atoms with Crippen LogP contribution >= 0.6 is 0 Å². The van der Waals surface area contributed by atoms with Crippen LogP contribution in [0.2, 0.25) is 0 Å². The quantitative estimate of drug-likeness (QED) is 0.518. The van der Waals surface area contributed by atoms with E-state index >= 15 is 0 Å². The van der Waals surface area contributed by atoms with Crippen molar-refractivity contribution in [1.82, 2.24) is 9.97 Å². The second-order valence-electron chi connectivity index (χ2n) is 8.92. The van der Waals surface area contributed by atoms with Gasteiger partial charge in [-0.1, -0.05) is 42.5 Å². The molecule has 1 saturated heterocycles. The standard InChI is InChI=1S/C27H32N4O3/c1-4-33-22-14-8-9-15-23(22)34-21-13-10-16-31(19-21)25-18-28-17-24(29-25)30-26(32)27(2,3)20-11-6-5-7-12-20/h5-9,11-12,14-15,17-18,21H,4,10,13,16,19H2,1-3H3,(H,29,30,32)/t21-/m1/s1. The fraction of sp³-hybridized carbons (Fsp3) is 0.370. The van der Waals surface area contributed by atoms with E-state index in [4.69, 9.17) is 9.47 Å². The van der Waals surface area contributed by atoms with Crippen molar-refractivity contribution in [2.45, 2.75) is 45.1 Å². The monoisotopic (exact) mass is 460 g/mol. The maximum absolute atomic E-state index is 13.0. The molecular weight excluding hydrogens is 428 g/mol. The van der Waals surface area contributed by atoms with Gasteiger partial charge in [-0.2, -0.15) is 0 Å². The molecule has 1 aliphatic rings. The van der Waals surface area contributed by atoms with Crippen LogP contribution in [-0.4, -0.2) is 41.7 Å². The summed E-state index contributed by atoms with van der Waals surface area (Å²) in [6.45, 7) is 7.90. The molecule has 178 valence electrons. The van der Waals surface area contributed by atoms with Gasteiger partial charge in [0, 0.05) is 6.54 Å². The molecule has 1 fully saturated rings. The first kappa shape index (κ1) is 23.5. The normalized spacial score (nSPS) is 16.1. The number of anilines is 2. The van der Waals surface area contributed by atoms with Crippen LogP contribution in [-0.2, 0) is 10.2 Å². The van der Waals surface area contributed by atoms with E-state index in [0.717, 1.165) is 42.3 Å². The minimum Gasteiger partial charge on any atom is -0.490 e. The zero-order chi connectivity index (χ0) is 24.0. The van der Waals surface area contributed by atoms with Crippen LogP contribution in [0.5, 0.6) is 11.5 Å². The fourth-order valence-electron chi connectivity index (χ4n) is 4.07. The Morgan fingerprint density at radius 2 is 1.82 bits per heavy atom. The molecule has 7 heteroatoms. The zero-order valence-corrected chi connectivity index (χ0v) is 20.0. The minimum absolute atomic E-state index is 0.00687. The summed E-state index contributed by atoms with van der Waals surface area (Å²) in [7, 11) is 0. The minimum atomic E-state index is -0.697. The first-order valence-corrected chi connectivity index (χ1v) is 11.8. The summed E-state index contributed by atoms with van der Waals surface area (Å²) in [5, 5.41) is 2.95. The van der Waals surface area contributed by atoms with Gasteiger partial charge in [-0.3, -0.25) is 9.78 Å². The lowest BCUT2D eigenvalue weighted by molar-refractivity contribution is -0.120. The van der Waals surface area contributed by atoms with Crippen molar-refractivity contribution >= 4 is 17.5 Å². The first-order chi connectivity index (χ1) is 16.5. The summed E-state index contributed by atoms with van der Waals surface area (Å²) in [5.74, 6) is 2.55. The van der Waals surface area contributed by atoms with E-state index in [0.29, 0.717) is 19.0 Å². The largest absolute Gasteiger partial charge is 0.490 e. The molecule has 4 rings (SSSR count). The lowest BCUT2D eigenvalue weighted by Crippen LogP contribution is -2.42. The summed E-state index contributed by atoms with van der Waals surface area (Å²) in [6, 6.07) is 17.5. The molecular formula is C27H32N4O3. The number of benzene rings is 2. The van der Waals surface area contributed by atoms with Crippen LogP contribution in [0.25, 0.3) is 0 Å². The molecule has 1 atom stereocenters. The maximum Gasteiger partial charge on any atom is 0.235 e. The molecule has 0 bridgehead atoms. The van der Waals surface area contributed by atoms with E-state index < -0.39 is 5.41 Å². The highest BCUT2D eigenvalue weighted by Crippen LogP contribution is 2.30.